The summed E-state index contributed by atoms with van der Waals surface area (Å²) in [5.41, 5.74) is -0.317. The second kappa shape index (κ2) is 7.54. The lowest BCUT2D eigenvalue weighted by Gasteiger charge is -2.15. The van der Waals surface area contributed by atoms with E-state index in [-0.39, 0.29) is 26.3 Å². The van der Waals surface area contributed by atoms with Crippen LogP contribution in [0, 0.1) is 0 Å². The van der Waals surface area contributed by atoms with Crippen LogP contribution in [0.3, 0.4) is 0 Å². The van der Waals surface area contributed by atoms with Crippen molar-refractivity contribution in [1.29, 1.82) is 0 Å². The number of anilines is 1. The Labute approximate surface area is 158 Å². The van der Waals surface area contributed by atoms with E-state index < -0.39 is 32.8 Å². The van der Waals surface area contributed by atoms with E-state index in [0.717, 1.165) is 36.4 Å². The number of primary sulfonamides is 1. The van der Waals surface area contributed by atoms with E-state index in [4.69, 9.17) is 16.7 Å². The van der Waals surface area contributed by atoms with Crippen molar-refractivity contribution in [3.63, 3.8) is 0 Å². The average Bonchev–Trinajstić information content (AvgIpc) is 2.52. The average molecular weight is 445 g/mol. The zero-order valence-electron chi connectivity index (χ0n) is 13.2. The number of sulfonamides is 2. The molecule has 0 bridgehead atoms. The van der Waals surface area contributed by atoms with Crippen LogP contribution in [0.1, 0.15) is 0 Å². The van der Waals surface area contributed by atoms with Crippen molar-refractivity contribution in [2.75, 3.05) is 11.3 Å². The predicted octanol–water partition coefficient (Wildman–Crippen LogP) is 2.73. The zero-order valence-corrected chi connectivity index (χ0v) is 15.6. The molecule has 0 atom stereocenters. The van der Waals surface area contributed by atoms with Gasteiger partial charge in [-0.05, 0) is 42.5 Å². The van der Waals surface area contributed by atoms with Crippen LogP contribution in [0.4, 0.5) is 18.9 Å². The largest absolute Gasteiger partial charge is 0.482 e. The second-order valence-corrected chi connectivity index (χ2v) is 8.85. The van der Waals surface area contributed by atoms with Crippen molar-refractivity contribution < 1.29 is 34.7 Å². The van der Waals surface area contributed by atoms with Gasteiger partial charge in [0.1, 0.15) is 5.75 Å². The molecule has 0 radical (unpaired) electrons. The highest BCUT2D eigenvalue weighted by atomic mass is 35.5. The summed E-state index contributed by atoms with van der Waals surface area (Å²) in [5.74, 6) is -0.388. The van der Waals surface area contributed by atoms with Crippen LogP contribution in [0.25, 0.3) is 0 Å². The van der Waals surface area contributed by atoms with Gasteiger partial charge in [0.2, 0.25) is 10.0 Å². The Kier molecular flexibility index (Phi) is 5.94. The number of hydrogen-bond acceptors (Lipinski definition) is 5. The van der Waals surface area contributed by atoms with Crippen molar-refractivity contribution in [3.05, 3.63) is 47.5 Å². The van der Waals surface area contributed by atoms with E-state index in [1.165, 1.54) is 6.07 Å². The molecule has 0 aromatic heterocycles. The Bertz CT molecular complexity index is 1040. The molecule has 0 unspecified atom stereocenters. The minimum absolute atomic E-state index is 0.0524. The zero-order chi connectivity index (χ0) is 20.5. The summed E-state index contributed by atoms with van der Waals surface area (Å²) >= 11 is 5.76. The molecule has 2 aromatic rings. The normalized spacial score (nSPS) is 12.6. The summed E-state index contributed by atoms with van der Waals surface area (Å²) in [6.07, 6.45) is -4.63. The molecule has 0 heterocycles. The molecule has 0 aliphatic carbocycles. The molecule has 0 amide bonds. The highest BCUT2D eigenvalue weighted by molar-refractivity contribution is 7.92. The molecule has 0 aliphatic heterocycles. The number of alkyl halides is 3. The standard InChI is InChI=1S/C14H12ClF3N2O5S2/c15-9-1-6-13(25-8-14(16,17)18)12(7-9)20-27(23,24)11-4-2-10(3-5-11)26(19,21)22/h1-7,20H,8H2,(H2,19,21,22). The van der Waals surface area contributed by atoms with E-state index in [1.807, 2.05) is 0 Å². The quantitative estimate of drug-likeness (QED) is 0.710. The molecule has 0 saturated heterocycles. The number of hydrogen-bond donors (Lipinski definition) is 2. The van der Waals surface area contributed by atoms with Crippen LogP contribution in [-0.4, -0.2) is 29.6 Å². The molecule has 7 nitrogen and oxygen atoms in total. The lowest BCUT2D eigenvalue weighted by atomic mass is 10.3. The lowest BCUT2D eigenvalue weighted by Crippen LogP contribution is -2.20. The molecule has 0 aliphatic rings. The highest BCUT2D eigenvalue weighted by Gasteiger charge is 2.29. The van der Waals surface area contributed by atoms with Gasteiger partial charge < -0.3 is 4.74 Å². The summed E-state index contributed by atoms with van der Waals surface area (Å²) in [4.78, 5) is -0.657. The SMILES string of the molecule is NS(=O)(=O)c1ccc(S(=O)(=O)Nc2cc(Cl)ccc2OCC(F)(F)F)cc1. The Morgan fingerprint density at radius 3 is 2.07 bits per heavy atom. The predicted molar refractivity (Wildman–Crippen MR) is 91.6 cm³/mol. The maximum absolute atomic E-state index is 12.4. The fourth-order valence-electron chi connectivity index (χ4n) is 1.88. The Hall–Kier alpha value is -2.02. The maximum Gasteiger partial charge on any atom is 0.422 e. The summed E-state index contributed by atoms with van der Waals surface area (Å²) in [5, 5.41) is 4.98. The van der Waals surface area contributed by atoms with Crippen molar-refractivity contribution in [3.8, 4) is 5.75 Å². The molecule has 148 valence electrons. The molecule has 2 aromatic carbocycles. The van der Waals surface area contributed by atoms with Gasteiger partial charge >= 0.3 is 6.18 Å². The Morgan fingerprint density at radius 2 is 1.56 bits per heavy atom. The van der Waals surface area contributed by atoms with Crippen LogP contribution in [0.2, 0.25) is 5.02 Å². The number of nitrogens with two attached hydrogens (primary N) is 1. The first-order chi connectivity index (χ1) is 12.3. The van der Waals surface area contributed by atoms with E-state index >= 15 is 0 Å². The molecular weight excluding hydrogens is 433 g/mol. The van der Waals surface area contributed by atoms with Crippen LogP contribution < -0.4 is 14.6 Å². The molecule has 2 rings (SSSR count). The number of nitrogens with one attached hydrogen (secondary N) is 1. The van der Waals surface area contributed by atoms with Gasteiger partial charge in [-0.2, -0.15) is 13.2 Å². The monoisotopic (exact) mass is 444 g/mol. The molecule has 0 saturated carbocycles. The smallest absolute Gasteiger partial charge is 0.422 e. The summed E-state index contributed by atoms with van der Waals surface area (Å²) < 4.78 is 90.9. The second-order valence-electron chi connectivity index (χ2n) is 5.17. The molecule has 0 spiro atoms. The molecule has 27 heavy (non-hydrogen) atoms. The third-order valence-corrected chi connectivity index (χ3v) is 5.59. The number of ether oxygens (including phenoxy) is 1. The van der Waals surface area contributed by atoms with Gasteiger partial charge in [-0.1, -0.05) is 11.6 Å². The number of rotatable bonds is 6. The van der Waals surface area contributed by atoms with Crippen molar-refractivity contribution in [2.45, 2.75) is 16.0 Å². The summed E-state index contributed by atoms with van der Waals surface area (Å²) in [7, 11) is -8.29. The minimum Gasteiger partial charge on any atom is -0.482 e. The number of benzene rings is 2. The van der Waals surface area contributed by atoms with E-state index in [2.05, 4.69) is 9.46 Å². The van der Waals surface area contributed by atoms with Gasteiger partial charge in [0.25, 0.3) is 10.0 Å². The topological polar surface area (TPSA) is 116 Å². The van der Waals surface area contributed by atoms with Crippen LogP contribution in [0.15, 0.2) is 52.3 Å². The first kappa shape index (κ1) is 21.3. The Morgan fingerprint density at radius 1 is 1.00 bits per heavy atom. The third kappa shape index (κ3) is 5.99. The van der Waals surface area contributed by atoms with Gasteiger partial charge in [0, 0.05) is 5.02 Å². The minimum atomic E-state index is -4.63. The van der Waals surface area contributed by atoms with Gasteiger partial charge in [-0.25, -0.2) is 22.0 Å². The fourth-order valence-corrected chi connectivity index (χ4v) is 3.63. The van der Waals surface area contributed by atoms with Crippen LogP contribution >= 0.6 is 11.6 Å². The summed E-state index contributed by atoms with van der Waals surface area (Å²) in [6.45, 7) is -1.63. The van der Waals surface area contributed by atoms with E-state index in [1.54, 1.807) is 0 Å². The van der Waals surface area contributed by atoms with Crippen LogP contribution in [0.5, 0.6) is 5.75 Å². The maximum atomic E-state index is 12.4. The van der Waals surface area contributed by atoms with Gasteiger partial charge in [0.15, 0.2) is 6.61 Å². The van der Waals surface area contributed by atoms with E-state index in [0.29, 0.717) is 0 Å². The summed E-state index contributed by atoms with van der Waals surface area (Å²) in [6, 6.07) is 7.28. The fraction of sp³-hybridized carbons (Fsp3) is 0.143. The van der Waals surface area contributed by atoms with E-state index in [9.17, 15) is 30.0 Å². The molecule has 3 N–H and O–H groups in total. The lowest BCUT2D eigenvalue weighted by molar-refractivity contribution is -0.153. The molecule has 0 fully saturated rings. The molecule has 13 heteroatoms. The molecular formula is C14H12ClF3N2O5S2. The van der Waals surface area contributed by atoms with Gasteiger partial charge in [-0.15, -0.1) is 0 Å². The highest BCUT2D eigenvalue weighted by Crippen LogP contribution is 2.31. The third-order valence-electron chi connectivity index (χ3n) is 3.04. The van der Waals surface area contributed by atoms with Gasteiger partial charge in [0.05, 0.1) is 15.5 Å². The van der Waals surface area contributed by atoms with Crippen molar-refractivity contribution in [1.82, 2.24) is 0 Å². The van der Waals surface area contributed by atoms with Crippen molar-refractivity contribution >= 4 is 37.3 Å². The number of halogens is 4. The van der Waals surface area contributed by atoms with Crippen molar-refractivity contribution in [2.24, 2.45) is 5.14 Å². The first-order valence-corrected chi connectivity index (χ1v) is 10.3. The van der Waals surface area contributed by atoms with Crippen LogP contribution in [-0.2, 0) is 20.0 Å². The Balaban J connectivity index is 2.33. The van der Waals surface area contributed by atoms with Gasteiger partial charge in [-0.3, -0.25) is 4.72 Å². The first-order valence-electron chi connectivity index (χ1n) is 6.93.